The highest BCUT2D eigenvalue weighted by molar-refractivity contribution is 6.07. The molecule has 2 aromatic heterocycles. The highest BCUT2D eigenvalue weighted by Gasteiger charge is 2.39. The van der Waals surface area contributed by atoms with Crippen LogP contribution in [0.15, 0.2) is 79.0 Å². The first-order valence-corrected chi connectivity index (χ1v) is 17.4. The fourth-order valence-electron chi connectivity index (χ4n) is 8.12. The minimum Gasteiger partial charge on any atom is -0.488 e. The van der Waals surface area contributed by atoms with Crippen LogP contribution in [0.2, 0.25) is 0 Å². The zero-order chi connectivity index (χ0) is 33.1. The molecule has 3 aliphatic heterocycles. The summed E-state index contributed by atoms with van der Waals surface area (Å²) in [5.41, 5.74) is 8.43. The molecule has 4 aromatic carbocycles. The highest BCUT2D eigenvalue weighted by Crippen LogP contribution is 2.44. The Morgan fingerprint density at radius 3 is 2.78 bits per heavy atom. The van der Waals surface area contributed by atoms with Crippen molar-refractivity contribution >= 4 is 27.7 Å². The van der Waals surface area contributed by atoms with Gasteiger partial charge in [-0.1, -0.05) is 48.5 Å². The first kappa shape index (κ1) is 30.1. The van der Waals surface area contributed by atoms with Crippen molar-refractivity contribution < 1.29 is 14.3 Å². The molecule has 0 aliphatic carbocycles. The molecule has 3 aliphatic rings. The summed E-state index contributed by atoms with van der Waals surface area (Å²) in [7, 11) is 1.73. The van der Waals surface area contributed by atoms with E-state index in [0.717, 1.165) is 86.5 Å². The lowest BCUT2D eigenvalue weighted by molar-refractivity contribution is -0.133. The summed E-state index contributed by atoms with van der Waals surface area (Å²) >= 11 is 0. The molecule has 9 heteroatoms. The van der Waals surface area contributed by atoms with Crippen molar-refractivity contribution in [1.82, 2.24) is 30.2 Å². The highest BCUT2D eigenvalue weighted by atomic mass is 16.5. The monoisotopic (exact) mass is 652 g/mol. The summed E-state index contributed by atoms with van der Waals surface area (Å²) in [5.74, 6) is 2.79. The number of aromatic amines is 2. The predicted molar refractivity (Wildman–Crippen MR) is 190 cm³/mol. The summed E-state index contributed by atoms with van der Waals surface area (Å²) < 4.78 is 11.9. The van der Waals surface area contributed by atoms with Crippen LogP contribution in [0.5, 0.6) is 5.75 Å². The number of rotatable bonds is 7. The lowest BCUT2D eigenvalue weighted by Gasteiger charge is -2.26. The Bertz CT molecular complexity index is 2180. The number of benzene rings is 4. The Kier molecular flexibility index (Phi) is 7.47. The molecule has 2 saturated heterocycles. The number of methoxy groups -OCH3 is 1. The van der Waals surface area contributed by atoms with Gasteiger partial charge in [-0.15, -0.1) is 0 Å². The number of likely N-dealkylation sites (tertiary alicyclic amines) is 1. The number of carbonyl (C=O) groups is 1. The Labute approximate surface area is 285 Å². The van der Waals surface area contributed by atoms with E-state index in [1.54, 1.807) is 7.11 Å². The largest absolute Gasteiger partial charge is 0.488 e. The molecule has 0 unspecified atom stereocenters. The third kappa shape index (κ3) is 5.28. The van der Waals surface area contributed by atoms with Gasteiger partial charge >= 0.3 is 0 Å². The second-order valence-electron chi connectivity index (χ2n) is 13.8. The van der Waals surface area contributed by atoms with Crippen molar-refractivity contribution in [3.05, 3.63) is 102 Å². The van der Waals surface area contributed by atoms with E-state index in [9.17, 15) is 4.79 Å². The summed E-state index contributed by atoms with van der Waals surface area (Å²) in [6.07, 6.45) is 5.03. The number of hydrogen-bond acceptors (Lipinski definition) is 6. The van der Waals surface area contributed by atoms with Crippen LogP contribution in [0.4, 0.5) is 0 Å². The minimum absolute atomic E-state index is 0.114. The number of carbonyl (C=O) groups excluding carboxylic acids is 1. The molecule has 49 heavy (non-hydrogen) atoms. The molecule has 9 rings (SSSR count). The molecule has 9 nitrogen and oxygen atoms in total. The van der Waals surface area contributed by atoms with Crippen molar-refractivity contribution in [2.45, 2.75) is 50.8 Å². The zero-order valence-corrected chi connectivity index (χ0v) is 27.8. The maximum absolute atomic E-state index is 13.9. The van der Waals surface area contributed by atoms with Crippen LogP contribution in [-0.4, -0.2) is 57.5 Å². The van der Waals surface area contributed by atoms with E-state index in [2.05, 4.69) is 62.7 Å². The number of ether oxygens (including phenoxy) is 2. The van der Waals surface area contributed by atoms with Crippen LogP contribution in [-0.2, 0) is 16.1 Å². The predicted octanol–water partition coefficient (Wildman–Crippen LogP) is 7.43. The number of nitrogens with zero attached hydrogens (tertiary/aromatic N) is 3. The molecule has 0 saturated carbocycles. The van der Waals surface area contributed by atoms with E-state index in [0.29, 0.717) is 25.8 Å². The molecule has 3 N–H and O–H groups in total. The zero-order valence-electron chi connectivity index (χ0n) is 27.8. The van der Waals surface area contributed by atoms with Gasteiger partial charge in [0.2, 0.25) is 5.91 Å². The average Bonchev–Trinajstić information content (AvgIpc) is 3.97. The first-order chi connectivity index (χ1) is 24.0. The smallest absolute Gasteiger partial charge is 0.230 e. The molecule has 1 amide bonds. The lowest BCUT2D eigenvalue weighted by atomic mass is 9.92. The van der Waals surface area contributed by atoms with Gasteiger partial charge in [-0.05, 0) is 84.6 Å². The van der Waals surface area contributed by atoms with E-state index in [1.165, 1.54) is 12.0 Å². The van der Waals surface area contributed by atoms with Crippen molar-refractivity contribution in [2.75, 3.05) is 26.8 Å². The number of hydrogen-bond donors (Lipinski definition) is 3. The normalized spacial score (nSPS) is 20.8. The number of nitrogens with one attached hydrogen (secondary N) is 3. The van der Waals surface area contributed by atoms with Crippen molar-refractivity contribution in [2.24, 2.45) is 5.92 Å². The number of fused-ring (bicyclic) bond motifs is 6. The molecule has 5 heterocycles. The molecule has 0 bridgehead atoms. The second-order valence-corrected chi connectivity index (χ2v) is 13.8. The van der Waals surface area contributed by atoms with Gasteiger partial charge in [0, 0.05) is 30.5 Å². The molecular weight excluding hydrogens is 612 g/mol. The van der Waals surface area contributed by atoms with E-state index in [-0.39, 0.29) is 23.8 Å². The number of amides is 1. The van der Waals surface area contributed by atoms with Gasteiger partial charge in [0.1, 0.15) is 24.0 Å². The molecule has 4 atom stereocenters. The van der Waals surface area contributed by atoms with Crippen LogP contribution < -0.4 is 10.1 Å². The molecule has 248 valence electrons. The Balaban J connectivity index is 1.03. The molecule has 0 radical (unpaired) electrons. The van der Waals surface area contributed by atoms with Crippen molar-refractivity contribution in [3.8, 4) is 28.1 Å². The number of imidazole rings is 2. The van der Waals surface area contributed by atoms with Crippen LogP contribution in [0.25, 0.3) is 44.2 Å². The first-order valence-electron chi connectivity index (χ1n) is 17.4. The lowest BCUT2D eigenvalue weighted by Crippen LogP contribution is -2.35. The van der Waals surface area contributed by atoms with Crippen LogP contribution in [0.1, 0.15) is 67.0 Å². The molecule has 2 fully saturated rings. The van der Waals surface area contributed by atoms with Gasteiger partial charge in [0.15, 0.2) is 0 Å². The second kappa shape index (κ2) is 12.2. The maximum atomic E-state index is 13.9. The number of aromatic nitrogens is 4. The standard InChI is InChI=1S/C40H40N6O3/c1-23(25-7-4-3-5-8-25)40(47)46-20-24(21-48-2)15-35(46)39-43-32-13-11-26-17-31-29-12-10-27(34-19-42-38(44-34)33-9-6-14-41-33)16-28(29)22-49-36(31)18-30(26)37(32)45-39/h3-5,7-8,10-13,16-19,23-24,33,35,41H,6,9,14-15,20-22H2,1-2H3,(H,42,44)(H,43,45)/t23-,24-,33+,35+/m1/s1. The fraction of sp³-hybridized carbons (Fsp3) is 0.325. The van der Waals surface area contributed by atoms with E-state index < -0.39 is 0 Å². The van der Waals surface area contributed by atoms with Gasteiger partial charge in [-0.2, -0.15) is 0 Å². The van der Waals surface area contributed by atoms with Gasteiger partial charge in [0.25, 0.3) is 0 Å². The average molecular weight is 653 g/mol. The van der Waals surface area contributed by atoms with Crippen LogP contribution in [0.3, 0.4) is 0 Å². The van der Waals surface area contributed by atoms with Crippen LogP contribution in [0, 0.1) is 5.92 Å². The molecule has 6 aromatic rings. The fourth-order valence-corrected chi connectivity index (χ4v) is 8.12. The van der Waals surface area contributed by atoms with E-state index in [4.69, 9.17) is 14.5 Å². The van der Waals surface area contributed by atoms with Gasteiger partial charge < -0.3 is 29.7 Å². The minimum atomic E-state index is -0.246. The summed E-state index contributed by atoms with van der Waals surface area (Å²) in [5, 5.41) is 5.65. The quantitative estimate of drug-likeness (QED) is 0.166. The topological polar surface area (TPSA) is 108 Å². The van der Waals surface area contributed by atoms with Gasteiger partial charge in [-0.25, -0.2) is 9.97 Å². The van der Waals surface area contributed by atoms with E-state index in [1.807, 2.05) is 48.4 Å². The third-order valence-electron chi connectivity index (χ3n) is 10.7. The number of H-pyrrole nitrogens is 2. The Morgan fingerprint density at radius 1 is 1.04 bits per heavy atom. The van der Waals surface area contributed by atoms with Gasteiger partial charge in [0.05, 0.1) is 47.5 Å². The summed E-state index contributed by atoms with van der Waals surface area (Å²) in [6.45, 7) is 4.79. The van der Waals surface area contributed by atoms with Crippen LogP contribution >= 0.6 is 0 Å². The Hall–Kier alpha value is -4.99. The summed E-state index contributed by atoms with van der Waals surface area (Å²) in [6, 6.07) is 25.4. The SMILES string of the molecule is COC[C@@H]1C[C@@H](c2nc3c(ccc4cc5c(cc43)OCc3cc(-c4cnc([C@@H]6CCCN6)[nH]4)ccc3-5)[nH]2)N(C(=O)[C@H](C)c2ccccc2)C1. The molecule has 0 spiro atoms. The summed E-state index contributed by atoms with van der Waals surface area (Å²) in [4.78, 5) is 32.9. The van der Waals surface area contributed by atoms with E-state index >= 15 is 0 Å². The van der Waals surface area contributed by atoms with Crippen molar-refractivity contribution in [3.63, 3.8) is 0 Å². The third-order valence-corrected chi connectivity index (χ3v) is 10.7. The van der Waals surface area contributed by atoms with Gasteiger partial charge in [-0.3, -0.25) is 4.79 Å². The van der Waals surface area contributed by atoms with Crippen molar-refractivity contribution in [1.29, 1.82) is 0 Å². The molecular formula is C40H40N6O3. The Morgan fingerprint density at radius 2 is 1.94 bits per heavy atom. The maximum Gasteiger partial charge on any atom is 0.230 e.